The summed E-state index contributed by atoms with van der Waals surface area (Å²) in [7, 11) is 0. The number of nitrogens with two attached hydrogens (primary N) is 1. The Balaban J connectivity index is 1.85. The zero-order chi connectivity index (χ0) is 15.0. The largest absolute Gasteiger partial charge is 0.488 e. The summed E-state index contributed by atoms with van der Waals surface area (Å²) in [4.78, 5) is 0. The highest BCUT2D eigenvalue weighted by atomic mass is 19.1. The molecule has 0 aliphatic heterocycles. The fourth-order valence-corrected chi connectivity index (χ4v) is 3.03. The molecule has 0 saturated heterocycles. The van der Waals surface area contributed by atoms with Crippen molar-refractivity contribution in [3.05, 3.63) is 65.0 Å². The van der Waals surface area contributed by atoms with Crippen molar-refractivity contribution in [2.24, 2.45) is 5.73 Å². The Kier molecular flexibility index (Phi) is 3.68. The minimum atomic E-state index is -0.245. The van der Waals surface area contributed by atoms with Gasteiger partial charge in [0, 0.05) is 6.07 Å². The van der Waals surface area contributed by atoms with E-state index in [2.05, 4.69) is 19.1 Å². The second-order valence-electron chi connectivity index (χ2n) is 5.86. The Morgan fingerprint density at radius 2 is 1.86 bits per heavy atom. The summed E-state index contributed by atoms with van der Waals surface area (Å²) in [5.74, 6) is 0.691. The van der Waals surface area contributed by atoms with E-state index in [4.69, 9.17) is 10.5 Å². The van der Waals surface area contributed by atoms with Crippen molar-refractivity contribution in [2.45, 2.75) is 38.3 Å². The van der Waals surface area contributed by atoms with Gasteiger partial charge in [-0.2, -0.15) is 0 Å². The van der Waals surface area contributed by atoms with E-state index in [1.165, 1.54) is 11.6 Å². The maximum Gasteiger partial charge on any atom is 0.129 e. The highest BCUT2D eigenvalue weighted by molar-refractivity contribution is 5.37. The van der Waals surface area contributed by atoms with Gasteiger partial charge in [-0.25, -0.2) is 4.39 Å². The molecule has 3 unspecified atom stereocenters. The van der Waals surface area contributed by atoms with Gasteiger partial charge >= 0.3 is 0 Å². The molecule has 0 aromatic heterocycles. The molecule has 21 heavy (non-hydrogen) atoms. The van der Waals surface area contributed by atoms with Crippen LogP contribution in [0.3, 0.4) is 0 Å². The van der Waals surface area contributed by atoms with Crippen LogP contribution >= 0.6 is 0 Å². The molecule has 0 heterocycles. The molecule has 3 atom stereocenters. The molecule has 0 spiro atoms. The van der Waals surface area contributed by atoms with Gasteiger partial charge < -0.3 is 10.5 Å². The van der Waals surface area contributed by atoms with Crippen LogP contribution in [0.4, 0.5) is 4.39 Å². The van der Waals surface area contributed by atoms with Crippen molar-refractivity contribution < 1.29 is 9.13 Å². The van der Waals surface area contributed by atoms with Gasteiger partial charge in [-0.1, -0.05) is 37.3 Å². The standard InChI is InChI=1S/C18H20FNO/c1-11-7-8-13(10-16(11)19)21-17-9-12(2)14-5-3-4-6-15(14)18(17)20/h3-8,10,12,17-18H,9,20H2,1-2H3. The van der Waals surface area contributed by atoms with Gasteiger partial charge in [-0.3, -0.25) is 0 Å². The summed E-state index contributed by atoms with van der Waals surface area (Å²) < 4.78 is 19.6. The number of fused-ring (bicyclic) bond motifs is 1. The normalized spacial score (nSPS) is 24.5. The van der Waals surface area contributed by atoms with Crippen molar-refractivity contribution in [2.75, 3.05) is 0 Å². The molecular weight excluding hydrogens is 265 g/mol. The molecule has 110 valence electrons. The Bertz CT molecular complexity index is 655. The minimum absolute atomic E-state index is 0.128. The zero-order valence-electron chi connectivity index (χ0n) is 12.3. The lowest BCUT2D eigenvalue weighted by Gasteiger charge is -2.35. The second kappa shape index (κ2) is 5.49. The molecule has 0 radical (unpaired) electrons. The van der Waals surface area contributed by atoms with E-state index in [0.29, 0.717) is 17.2 Å². The number of hydrogen-bond acceptors (Lipinski definition) is 2. The zero-order valence-corrected chi connectivity index (χ0v) is 12.3. The lowest BCUT2D eigenvalue weighted by Crippen LogP contribution is -2.37. The number of ether oxygens (including phenoxy) is 1. The van der Waals surface area contributed by atoms with Crippen LogP contribution < -0.4 is 10.5 Å². The van der Waals surface area contributed by atoms with Crippen molar-refractivity contribution in [1.29, 1.82) is 0 Å². The molecule has 0 saturated carbocycles. The highest BCUT2D eigenvalue weighted by Crippen LogP contribution is 2.38. The molecule has 2 aromatic rings. The average molecular weight is 285 g/mol. The molecule has 2 nitrogen and oxygen atoms in total. The molecule has 3 heteroatoms. The number of benzene rings is 2. The van der Waals surface area contributed by atoms with Crippen LogP contribution in [0, 0.1) is 12.7 Å². The third-order valence-corrected chi connectivity index (χ3v) is 4.30. The Hall–Kier alpha value is -1.87. The van der Waals surface area contributed by atoms with E-state index in [0.717, 1.165) is 12.0 Å². The molecule has 1 aliphatic rings. The summed E-state index contributed by atoms with van der Waals surface area (Å²) in [6.45, 7) is 3.92. The summed E-state index contributed by atoms with van der Waals surface area (Å²) in [6.07, 6.45) is 0.713. The quantitative estimate of drug-likeness (QED) is 0.902. The van der Waals surface area contributed by atoms with Gasteiger partial charge in [-0.15, -0.1) is 0 Å². The highest BCUT2D eigenvalue weighted by Gasteiger charge is 2.32. The van der Waals surface area contributed by atoms with Crippen LogP contribution in [-0.4, -0.2) is 6.10 Å². The van der Waals surface area contributed by atoms with E-state index < -0.39 is 0 Å². The summed E-state index contributed by atoms with van der Waals surface area (Å²) in [5, 5.41) is 0. The molecule has 2 aromatic carbocycles. The van der Waals surface area contributed by atoms with Crippen LogP contribution in [0.5, 0.6) is 5.75 Å². The van der Waals surface area contributed by atoms with Crippen LogP contribution in [0.15, 0.2) is 42.5 Å². The third-order valence-electron chi connectivity index (χ3n) is 4.30. The summed E-state index contributed by atoms with van der Waals surface area (Å²) in [6, 6.07) is 13.0. The van der Waals surface area contributed by atoms with Crippen molar-refractivity contribution >= 4 is 0 Å². The molecule has 0 amide bonds. The molecule has 0 bridgehead atoms. The lowest BCUT2D eigenvalue weighted by molar-refractivity contribution is 0.143. The number of aryl methyl sites for hydroxylation is 1. The van der Waals surface area contributed by atoms with Crippen LogP contribution in [0.1, 0.15) is 42.0 Å². The Morgan fingerprint density at radius 3 is 2.57 bits per heavy atom. The first kappa shape index (κ1) is 14.1. The van der Waals surface area contributed by atoms with E-state index in [-0.39, 0.29) is 18.0 Å². The van der Waals surface area contributed by atoms with Crippen molar-refractivity contribution in [3.63, 3.8) is 0 Å². The van der Waals surface area contributed by atoms with Crippen molar-refractivity contribution in [1.82, 2.24) is 0 Å². The molecule has 2 N–H and O–H groups in total. The third kappa shape index (κ3) is 2.66. The summed E-state index contributed by atoms with van der Waals surface area (Å²) in [5.41, 5.74) is 9.39. The smallest absolute Gasteiger partial charge is 0.129 e. The number of rotatable bonds is 2. The first-order chi connectivity index (χ1) is 10.1. The van der Waals surface area contributed by atoms with Crippen LogP contribution in [0.25, 0.3) is 0 Å². The van der Waals surface area contributed by atoms with E-state index in [1.807, 2.05) is 12.1 Å². The van der Waals surface area contributed by atoms with Crippen LogP contribution in [0.2, 0.25) is 0 Å². The predicted octanol–water partition coefficient (Wildman–Crippen LogP) is 4.09. The van der Waals surface area contributed by atoms with E-state index in [1.54, 1.807) is 19.1 Å². The lowest BCUT2D eigenvalue weighted by atomic mass is 9.79. The van der Waals surface area contributed by atoms with Gasteiger partial charge in [0.1, 0.15) is 17.7 Å². The fourth-order valence-electron chi connectivity index (χ4n) is 3.03. The van der Waals surface area contributed by atoms with E-state index >= 15 is 0 Å². The van der Waals surface area contributed by atoms with Gasteiger partial charge in [0.15, 0.2) is 0 Å². The average Bonchev–Trinajstić information content (AvgIpc) is 2.48. The van der Waals surface area contributed by atoms with Crippen molar-refractivity contribution in [3.8, 4) is 5.75 Å². The number of hydrogen-bond donors (Lipinski definition) is 1. The SMILES string of the molecule is Cc1ccc(OC2CC(C)c3ccccc3C2N)cc1F. The van der Waals surface area contributed by atoms with Gasteiger partial charge in [0.2, 0.25) is 0 Å². The van der Waals surface area contributed by atoms with Crippen LogP contribution in [-0.2, 0) is 0 Å². The Morgan fingerprint density at radius 1 is 1.14 bits per heavy atom. The Labute approximate surface area is 124 Å². The molecular formula is C18H20FNO. The monoisotopic (exact) mass is 285 g/mol. The number of halogens is 1. The molecule has 0 fully saturated rings. The topological polar surface area (TPSA) is 35.2 Å². The maximum atomic E-state index is 13.6. The second-order valence-corrected chi connectivity index (χ2v) is 5.86. The molecule has 3 rings (SSSR count). The first-order valence-electron chi connectivity index (χ1n) is 7.33. The van der Waals surface area contributed by atoms with Gasteiger partial charge in [0.05, 0.1) is 6.04 Å². The predicted molar refractivity (Wildman–Crippen MR) is 82.0 cm³/mol. The maximum absolute atomic E-state index is 13.6. The molecule has 1 aliphatic carbocycles. The van der Waals surface area contributed by atoms with Gasteiger partial charge in [-0.05, 0) is 42.0 Å². The summed E-state index contributed by atoms with van der Waals surface area (Å²) >= 11 is 0. The van der Waals surface area contributed by atoms with E-state index in [9.17, 15) is 4.39 Å². The van der Waals surface area contributed by atoms with Gasteiger partial charge in [0.25, 0.3) is 0 Å². The minimum Gasteiger partial charge on any atom is -0.488 e. The first-order valence-corrected chi connectivity index (χ1v) is 7.33. The fraction of sp³-hybridized carbons (Fsp3) is 0.333.